The largest absolute Gasteiger partial charge is 0.454 e. The molecule has 0 unspecified atom stereocenters. The predicted octanol–water partition coefficient (Wildman–Crippen LogP) is 3.61. The highest BCUT2D eigenvalue weighted by atomic mass is 16.5. The lowest BCUT2D eigenvalue weighted by molar-refractivity contribution is 0.0992. The van der Waals surface area contributed by atoms with Crippen LogP contribution in [0.3, 0.4) is 0 Å². The third-order valence-corrected chi connectivity index (χ3v) is 4.30. The van der Waals surface area contributed by atoms with Gasteiger partial charge < -0.3 is 4.74 Å². The van der Waals surface area contributed by atoms with Gasteiger partial charge in [-0.1, -0.05) is 13.0 Å². The molecular formula is C21H19N5O2. The molecule has 0 bridgehead atoms. The Morgan fingerprint density at radius 2 is 2.00 bits per heavy atom. The summed E-state index contributed by atoms with van der Waals surface area (Å²) in [5, 5.41) is 4.16. The number of rotatable bonds is 6. The van der Waals surface area contributed by atoms with Crippen LogP contribution < -0.4 is 4.74 Å². The molecule has 0 atom stereocenters. The molecule has 4 aromatic rings. The molecule has 0 saturated heterocycles. The van der Waals surface area contributed by atoms with Gasteiger partial charge in [0.25, 0.3) is 0 Å². The molecule has 0 aromatic carbocycles. The van der Waals surface area contributed by atoms with E-state index >= 15 is 0 Å². The second-order valence-electron chi connectivity index (χ2n) is 6.49. The molecule has 0 aliphatic rings. The SMILES string of the molecule is CCc1cccc(CC(=O)c2cc(Oc3cncc(C)c3)cn3ncnc23)n1. The summed E-state index contributed by atoms with van der Waals surface area (Å²) >= 11 is 0. The number of carbonyl (C=O) groups excluding carboxylic acids is 1. The Morgan fingerprint density at radius 3 is 2.82 bits per heavy atom. The standard InChI is InChI=1S/C21H19N5O2/c1-3-15-5-4-6-16(25-15)8-20(27)19-9-18(12-26-21(19)23-13-24-26)28-17-7-14(2)10-22-11-17/h4-7,9-13H,3,8H2,1-2H3. The number of Topliss-reactive ketones (excluding diaryl/α,β-unsaturated/α-hetero) is 1. The number of pyridine rings is 3. The molecule has 0 aliphatic carbocycles. The van der Waals surface area contributed by atoms with Crippen molar-refractivity contribution in [3.63, 3.8) is 0 Å². The Kier molecular flexibility index (Phi) is 4.80. The van der Waals surface area contributed by atoms with Crippen LogP contribution in [0.5, 0.6) is 11.5 Å². The van der Waals surface area contributed by atoms with E-state index in [0.29, 0.717) is 22.7 Å². The molecule has 0 saturated carbocycles. The fourth-order valence-electron chi connectivity index (χ4n) is 2.97. The molecule has 4 rings (SSSR count). The van der Waals surface area contributed by atoms with E-state index in [0.717, 1.165) is 23.4 Å². The van der Waals surface area contributed by atoms with Crippen molar-refractivity contribution in [2.24, 2.45) is 0 Å². The van der Waals surface area contributed by atoms with Gasteiger partial charge in [-0.15, -0.1) is 0 Å². The van der Waals surface area contributed by atoms with Gasteiger partial charge in [-0.25, -0.2) is 9.50 Å². The van der Waals surface area contributed by atoms with Crippen LogP contribution in [0.25, 0.3) is 5.65 Å². The summed E-state index contributed by atoms with van der Waals surface area (Å²) in [7, 11) is 0. The van der Waals surface area contributed by atoms with Gasteiger partial charge in [0, 0.05) is 17.6 Å². The molecule has 7 heteroatoms. The van der Waals surface area contributed by atoms with Crippen molar-refractivity contribution in [2.45, 2.75) is 26.7 Å². The van der Waals surface area contributed by atoms with Gasteiger partial charge in [-0.3, -0.25) is 14.8 Å². The number of aryl methyl sites for hydroxylation is 2. The van der Waals surface area contributed by atoms with Gasteiger partial charge in [0.15, 0.2) is 11.4 Å². The highest BCUT2D eigenvalue weighted by Gasteiger charge is 2.16. The third-order valence-electron chi connectivity index (χ3n) is 4.30. The van der Waals surface area contributed by atoms with Crippen LogP contribution in [0.1, 0.15) is 34.2 Å². The van der Waals surface area contributed by atoms with Gasteiger partial charge in [0.2, 0.25) is 0 Å². The van der Waals surface area contributed by atoms with Crippen molar-refractivity contribution >= 4 is 11.4 Å². The highest BCUT2D eigenvalue weighted by molar-refractivity contribution is 6.02. The number of aromatic nitrogens is 5. The summed E-state index contributed by atoms with van der Waals surface area (Å²) in [4.78, 5) is 25.9. The summed E-state index contributed by atoms with van der Waals surface area (Å²) in [6, 6.07) is 9.30. The number of hydrogen-bond acceptors (Lipinski definition) is 6. The fourth-order valence-corrected chi connectivity index (χ4v) is 2.97. The zero-order valence-corrected chi connectivity index (χ0v) is 15.7. The van der Waals surface area contributed by atoms with Gasteiger partial charge in [-0.2, -0.15) is 5.10 Å². The minimum Gasteiger partial charge on any atom is -0.454 e. The van der Waals surface area contributed by atoms with Crippen molar-refractivity contribution in [1.82, 2.24) is 24.6 Å². The minimum absolute atomic E-state index is 0.0911. The first-order valence-electron chi connectivity index (χ1n) is 9.03. The zero-order chi connectivity index (χ0) is 19.5. The van der Waals surface area contributed by atoms with Crippen LogP contribution in [0.4, 0.5) is 0 Å². The second-order valence-corrected chi connectivity index (χ2v) is 6.49. The first-order valence-corrected chi connectivity index (χ1v) is 9.03. The maximum absolute atomic E-state index is 13.0. The number of hydrogen-bond donors (Lipinski definition) is 0. The maximum atomic E-state index is 13.0. The van der Waals surface area contributed by atoms with Gasteiger partial charge in [0.1, 0.15) is 17.8 Å². The van der Waals surface area contributed by atoms with E-state index in [9.17, 15) is 4.79 Å². The van der Waals surface area contributed by atoms with E-state index in [4.69, 9.17) is 4.74 Å². The highest BCUT2D eigenvalue weighted by Crippen LogP contribution is 2.24. The first kappa shape index (κ1) is 17.8. The molecule has 7 nitrogen and oxygen atoms in total. The molecule has 4 aromatic heterocycles. The Bertz CT molecular complexity index is 1150. The summed E-state index contributed by atoms with van der Waals surface area (Å²) in [6.45, 7) is 3.97. The molecule has 0 spiro atoms. The van der Waals surface area contributed by atoms with E-state index in [1.54, 1.807) is 29.2 Å². The molecule has 28 heavy (non-hydrogen) atoms. The lowest BCUT2D eigenvalue weighted by Crippen LogP contribution is -2.09. The quantitative estimate of drug-likeness (QED) is 0.480. The smallest absolute Gasteiger partial charge is 0.172 e. The average molecular weight is 373 g/mol. The Balaban J connectivity index is 1.67. The minimum atomic E-state index is -0.0911. The molecule has 0 fully saturated rings. The molecule has 0 radical (unpaired) electrons. The van der Waals surface area contributed by atoms with Crippen molar-refractivity contribution in [2.75, 3.05) is 0 Å². The summed E-state index contributed by atoms with van der Waals surface area (Å²) in [5.41, 5.74) is 3.61. The van der Waals surface area contributed by atoms with Crippen LogP contribution in [-0.2, 0) is 12.8 Å². The van der Waals surface area contributed by atoms with E-state index in [2.05, 4.69) is 20.1 Å². The summed E-state index contributed by atoms with van der Waals surface area (Å²) in [5.74, 6) is 0.991. The molecule has 0 N–H and O–H groups in total. The van der Waals surface area contributed by atoms with Crippen LogP contribution >= 0.6 is 0 Å². The summed E-state index contributed by atoms with van der Waals surface area (Å²) < 4.78 is 7.44. The van der Waals surface area contributed by atoms with Crippen LogP contribution in [0.15, 0.2) is 55.2 Å². The second kappa shape index (κ2) is 7.56. The molecular weight excluding hydrogens is 354 g/mol. The van der Waals surface area contributed by atoms with Gasteiger partial charge in [-0.05, 0) is 43.2 Å². The van der Waals surface area contributed by atoms with E-state index < -0.39 is 0 Å². The number of carbonyl (C=O) groups is 1. The fraction of sp³-hybridized carbons (Fsp3) is 0.190. The van der Waals surface area contributed by atoms with Crippen LogP contribution in [0, 0.1) is 6.92 Å². The number of fused-ring (bicyclic) bond motifs is 1. The van der Waals surface area contributed by atoms with Crippen molar-refractivity contribution < 1.29 is 9.53 Å². The van der Waals surface area contributed by atoms with E-state index in [1.165, 1.54) is 6.33 Å². The van der Waals surface area contributed by atoms with Crippen molar-refractivity contribution in [3.05, 3.63) is 77.8 Å². The van der Waals surface area contributed by atoms with Crippen LogP contribution in [0.2, 0.25) is 0 Å². The van der Waals surface area contributed by atoms with Crippen LogP contribution in [-0.4, -0.2) is 30.3 Å². The van der Waals surface area contributed by atoms with Crippen molar-refractivity contribution in [1.29, 1.82) is 0 Å². The van der Waals surface area contributed by atoms with Gasteiger partial charge >= 0.3 is 0 Å². The van der Waals surface area contributed by atoms with Crippen molar-refractivity contribution in [3.8, 4) is 11.5 Å². The van der Waals surface area contributed by atoms with E-state index in [-0.39, 0.29) is 12.2 Å². The zero-order valence-electron chi connectivity index (χ0n) is 15.7. The number of nitrogens with zero attached hydrogens (tertiary/aromatic N) is 5. The Morgan fingerprint density at radius 1 is 1.14 bits per heavy atom. The number of ether oxygens (including phenoxy) is 1. The monoisotopic (exact) mass is 373 g/mol. The van der Waals surface area contributed by atoms with E-state index in [1.807, 2.05) is 38.1 Å². The number of ketones is 1. The lowest BCUT2D eigenvalue weighted by Gasteiger charge is -2.09. The normalized spacial score (nSPS) is 10.9. The average Bonchev–Trinajstić information content (AvgIpc) is 3.16. The first-order chi connectivity index (χ1) is 13.6. The Labute approximate surface area is 162 Å². The lowest BCUT2D eigenvalue weighted by atomic mass is 10.1. The molecule has 0 aliphatic heterocycles. The molecule has 0 amide bonds. The van der Waals surface area contributed by atoms with Gasteiger partial charge in [0.05, 0.1) is 24.4 Å². The Hall–Kier alpha value is -3.61. The molecule has 140 valence electrons. The summed E-state index contributed by atoms with van der Waals surface area (Å²) in [6.07, 6.45) is 7.49. The predicted molar refractivity (Wildman–Crippen MR) is 104 cm³/mol. The third kappa shape index (κ3) is 3.73. The molecule has 4 heterocycles. The topological polar surface area (TPSA) is 82.3 Å². The maximum Gasteiger partial charge on any atom is 0.172 e.